The summed E-state index contributed by atoms with van der Waals surface area (Å²) in [4.78, 5) is 5.55. The number of alkyl halides is 3. The zero-order valence-electron chi connectivity index (χ0n) is 10.8. The summed E-state index contributed by atoms with van der Waals surface area (Å²) in [5.74, 6) is 5.28. The van der Waals surface area contributed by atoms with Crippen LogP contribution in [0.4, 0.5) is 24.8 Å². The molecule has 0 bridgehead atoms. The maximum absolute atomic E-state index is 12.7. The number of halogens is 3. The second kappa shape index (κ2) is 6.58. The molecule has 8 heteroatoms. The second-order valence-electron chi connectivity index (χ2n) is 3.86. The number of hydrogen-bond donors (Lipinski definition) is 2. The number of hydrazine groups is 1. The molecule has 1 aromatic heterocycles. The Morgan fingerprint density at radius 1 is 1.42 bits per heavy atom. The Morgan fingerprint density at radius 2 is 2.11 bits per heavy atom. The Morgan fingerprint density at radius 3 is 2.63 bits per heavy atom. The molecule has 1 aromatic rings. The molecular weight excluding hydrogens is 261 g/mol. The number of likely N-dealkylation sites (N-methyl/N-ethyl adjacent to an activating group) is 1. The fourth-order valence-electron chi connectivity index (χ4n) is 1.41. The van der Waals surface area contributed by atoms with Gasteiger partial charge in [-0.25, -0.2) is 10.8 Å². The summed E-state index contributed by atoms with van der Waals surface area (Å²) in [6, 6.07) is 1.84. The van der Waals surface area contributed by atoms with Crippen molar-refractivity contribution in [3.8, 4) is 0 Å². The van der Waals surface area contributed by atoms with Crippen molar-refractivity contribution >= 4 is 11.6 Å². The highest BCUT2D eigenvalue weighted by Gasteiger charge is 2.32. The van der Waals surface area contributed by atoms with Gasteiger partial charge in [0, 0.05) is 20.2 Å². The first-order valence-corrected chi connectivity index (χ1v) is 5.73. The standard InChI is InChI=1S/C11H17F3N4O/c1-3-19-5-4-18(2)10-7-8(11(12,13)14)6-9(16-10)17-15/h6-7H,3-5,15H2,1-2H3,(H,16,17). The van der Waals surface area contributed by atoms with Crippen LogP contribution in [-0.4, -0.2) is 31.8 Å². The van der Waals surface area contributed by atoms with E-state index in [9.17, 15) is 13.2 Å². The molecule has 0 fully saturated rings. The van der Waals surface area contributed by atoms with Crippen LogP contribution in [0, 0.1) is 0 Å². The van der Waals surface area contributed by atoms with Crippen molar-refractivity contribution < 1.29 is 17.9 Å². The van der Waals surface area contributed by atoms with Gasteiger partial charge in [-0.3, -0.25) is 0 Å². The largest absolute Gasteiger partial charge is 0.416 e. The molecule has 0 aromatic carbocycles. The lowest BCUT2D eigenvalue weighted by atomic mass is 10.2. The van der Waals surface area contributed by atoms with Gasteiger partial charge >= 0.3 is 6.18 Å². The zero-order chi connectivity index (χ0) is 14.5. The number of aromatic nitrogens is 1. The number of ether oxygens (including phenoxy) is 1. The second-order valence-corrected chi connectivity index (χ2v) is 3.86. The van der Waals surface area contributed by atoms with E-state index in [0.29, 0.717) is 19.8 Å². The Kier molecular flexibility index (Phi) is 5.37. The minimum atomic E-state index is -4.44. The molecule has 0 aliphatic carbocycles. The van der Waals surface area contributed by atoms with Gasteiger partial charge in [-0.2, -0.15) is 13.2 Å². The minimum absolute atomic E-state index is 0.0342. The first kappa shape index (κ1) is 15.5. The average Bonchev–Trinajstić information content (AvgIpc) is 2.37. The SMILES string of the molecule is CCOCCN(C)c1cc(C(F)(F)F)cc(NN)n1. The van der Waals surface area contributed by atoms with Gasteiger partial charge in [-0.05, 0) is 19.1 Å². The highest BCUT2D eigenvalue weighted by Crippen LogP contribution is 2.32. The van der Waals surface area contributed by atoms with Gasteiger partial charge < -0.3 is 15.1 Å². The number of anilines is 2. The van der Waals surface area contributed by atoms with Gasteiger partial charge in [0.1, 0.15) is 11.6 Å². The van der Waals surface area contributed by atoms with Gasteiger partial charge in [0.2, 0.25) is 0 Å². The predicted octanol–water partition coefficient (Wildman–Crippen LogP) is 1.86. The van der Waals surface area contributed by atoms with Crippen molar-refractivity contribution in [1.82, 2.24) is 4.98 Å². The molecule has 0 unspecified atom stereocenters. The molecule has 0 saturated heterocycles. The van der Waals surface area contributed by atoms with Crippen molar-refractivity contribution in [2.75, 3.05) is 37.1 Å². The van der Waals surface area contributed by atoms with Crippen LogP contribution >= 0.6 is 0 Å². The Labute approximate surface area is 109 Å². The molecule has 0 saturated carbocycles. The summed E-state index contributed by atoms with van der Waals surface area (Å²) in [6.07, 6.45) is -4.44. The van der Waals surface area contributed by atoms with Gasteiger partial charge in [-0.1, -0.05) is 0 Å². The number of nitrogens with one attached hydrogen (secondary N) is 1. The average molecular weight is 278 g/mol. The summed E-state index contributed by atoms with van der Waals surface area (Å²) in [5.41, 5.74) is 1.34. The summed E-state index contributed by atoms with van der Waals surface area (Å²) < 4.78 is 43.3. The third kappa shape index (κ3) is 4.56. The molecule has 1 rings (SSSR count). The van der Waals surface area contributed by atoms with Crippen molar-refractivity contribution in [2.45, 2.75) is 13.1 Å². The lowest BCUT2D eigenvalue weighted by molar-refractivity contribution is -0.137. The van der Waals surface area contributed by atoms with E-state index in [1.807, 2.05) is 6.92 Å². The lowest BCUT2D eigenvalue weighted by Gasteiger charge is -2.20. The number of nitrogens with two attached hydrogens (primary N) is 1. The van der Waals surface area contributed by atoms with Crippen molar-refractivity contribution in [3.05, 3.63) is 17.7 Å². The monoisotopic (exact) mass is 278 g/mol. The molecule has 0 aliphatic rings. The van der Waals surface area contributed by atoms with Crippen LogP contribution in [-0.2, 0) is 10.9 Å². The van der Waals surface area contributed by atoms with Gasteiger partial charge in [0.15, 0.2) is 0 Å². The van der Waals surface area contributed by atoms with Crippen LogP contribution in [0.1, 0.15) is 12.5 Å². The van der Waals surface area contributed by atoms with Crippen molar-refractivity contribution in [1.29, 1.82) is 0 Å². The molecule has 5 nitrogen and oxygen atoms in total. The van der Waals surface area contributed by atoms with Crippen LogP contribution in [0.5, 0.6) is 0 Å². The molecule has 108 valence electrons. The Bertz CT molecular complexity index is 411. The zero-order valence-corrected chi connectivity index (χ0v) is 10.8. The molecule has 3 N–H and O–H groups in total. The highest BCUT2D eigenvalue weighted by atomic mass is 19.4. The third-order valence-electron chi connectivity index (χ3n) is 2.45. The number of nitrogen functional groups attached to an aromatic ring is 1. The van der Waals surface area contributed by atoms with E-state index in [1.165, 1.54) is 0 Å². The number of pyridine rings is 1. The number of nitrogens with zero attached hydrogens (tertiary/aromatic N) is 2. The number of rotatable bonds is 6. The normalized spacial score (nSPS) is 11.5. The van der Waals surface area contributed by atoms with E-state index in [2.05, 4.69) is 10.4 Å². The van der Waals surface area contributed by atoms with E-state index in [-0.39, 0.29) is 11.6 Å². The van der Waals surface area contributed by atoms with Gasteiger partial charge in [-0.15, -0.1) is 0 Å². The first-order chi connectivity index (χ1) is 8.88. The molecule has 1 heterocycles. The van der Waals surface area contributed by atoms with Crippen molar-refractivity contribution in [2.24, 2.45) is 5.84 Å². The fraction of sp³-hybridized carbons (Fsp3) is 0.545. The molecule has 0 amide bonds. The summed E-state index contributed by atoms with van der Waals surface area (Å²) in [7, 11) is 1.64. The van der Waals surface area contributed by atoms with E-state index in [1.54, 1.807) is 11.9 Å². The smallest absolute Gasteiger partial charge is 0.380 e. The lowest BCUT2D eigenvalue weighted by Crippen LogP contribution is -2.25. The highest BCUT2D eigenvalue weighted by molar-refractivity contribution is 5.50. The summed E-state index contributed by atoms with van der Waals surface area (Å²) >= 11 is 0. The minimum Gasteiger partial charge on any atom is -0.380 e. The maximum Gasteiger partial charge on any atom is 0.416 e. The van der Waals surface area contributed by atoms with Crippen LogP contribution in [0.2, 0.25) is 0 Å². The molecule has 0 spiro atoms. The number of hydrogen-bond acceptors (Lipinski definition) is 5. The van der Waals surface area contributed by atoms with Gasteiger partial charge in [0.25, 0.3) is 0 Å². The van der Waals surface area contributed by atoms with Crippen LogP contribution < -0.4 is 16.2 Å². The van der Waals surface area contributed by atoms with Crippen LogP contribution in [0.15, 0.2) is 12.1 Å². The fourth-order valence-corrected chi connectivity index (χ4v) is 1.41. The molecular formula is C11H17F3N4O. The quantitative estimate of drug-likeness (QED) is 0.472. The molecule has 19 heavy (non-hydrogen) atoms. The molecule has 0 aliphatic heterocycles. The van der Waals surface area contributed by atoms with Crippen molar-refractivity contribution in [3.63, 3.8) is 0 Å². The topological polar surface area (TPSA) is 63.4 Å². The molecule has 0 radical (unpaired) electrons. The third-order valence-corrected chi connectivity index (χ3v) is 2.45. The van der Waals surface area contributed by atoms with E-state index in [0.717, 1.165) is 12.1 Å². The van der Waals surface area contributed by atoms with Crippen LogP contribution in [0.3, 0.4) is 0 Å². The van der Waals surface area contributed by atoms with E-state index in [4.69, 9.17) is 10.6 Å². The van der Waals surface area contributed by atoms with Gasteiger partial charge in [0.05, 0.1) is 12.2 Å². The first-order valence-electron chi connectivity index (χ1n) is 5.73. The summed E-state index contributed by atoms with van der Waals surface area (Å²) in [6.45, 7) is 3.25. The summed E-state index contributed by atoms with van der Waals surface area (Å²) in [5, 5.41) is 0. The van der Waals surface area contributed by atoms with E-state index < -0.39 is 11.7 Å². The Hall–Kier alpha value is -1.54. The predicted molar refractivity (Wildman–Crippen MR) is 66.8 cm³/mol. The Balaban J connectivity index is 2.93. The van der Waals surface area contributed by atoms with E-state index >= 15 is 0 Å². The van der Waals surface area contributed by atoms with Crippen LogP contribution in [0.25, 0.3) is 0 Å². The molecule has 0 atom stereocenters. The maximum atomic E-state index is 12.7.